The molecule has 0 aromatic rings. The topological polar surface area (TPSA) is 47.9 Å². The highest BCUT2D eigenvalue weighted by Crippen LogP contribution is 2.24. The maximum atomic E-state index is 12.3. The van der Waals surface area contributed by atoms with Crippen LogP contribution in [0.25, 0.3) is 0 Å². The van der Waals surface area contributed by atoms with Gasteiger partial charge in [0, 0.05) is 43.7 Å². The molecule has 0 aromatic heterocycles. The summed E-state index contributed by atoms with van der Waals surface area (Å²) < 4.78 is 0. The molecule has 2 aliphatic heterocycles. The van der Waals surface area contributed by atoms with E-state index < -0.39 is 0 Å². The van der Waals surface area contributed by atoms with Gasteiger partial charge in [0.2, 0.25) is 5.91 Å². The van der Waals surface area contributed by atoms with Crippen molar-refractivity contribution in [1.29, 1.82) is 0 Å². The second kappa shape index (κ2) is 9.40. The van der Waals surface area contributed by atoms with Gasteiger partial charge in [-0.3, -0.25) is 4.79 Å². The van der Waals surface area contributed by atoms with Gasteiger partial charge >= 0.3 is 0 Å². The van der Waals surface area contributed by atoms with E-state index >= 15 is 0 Å². The Morgan fingerprint density at radius 3 is 2.61 bits per heavy atom. The van der Waals surface area contributed by atoms with Crippen LogP contribution in [0.5, 0.6) is 0 Å². The van der Waals surface area contributed by atoms with E-state index in [2.05, 4.69) is 47.7 Å². The Kier molecular flexibility index (Phi) is 7.53. The third-order valence-corrected chi connectivity index (χ3v) is 6.08. The Bertz CT molecular complexity index is 407. The molecule has 1 unspecified atom stereocenters. The summed E-state index contributed by atoms with van der Waals surface area (Å²) in [5, 5.41) is 4.01. The summed E-state index contributed by atoms with van der Waals surface area (Å²) >= 11 is 2.06. The van der Waals surface area contributed by atoms with Gasteiger partial charge < -0.3 is 15.1 Å². The summed E-state index contributed by atoms with van der Waals surface area (Å²) in [5.74, 6) is 2.88. The quantitative estimate of drug-likeness (QED) is 0.628. The van der Waals surface area contributed by atoms with Crippen LogP contribution in [0.2, 0.25) is 0 Å². The number of aliphatic imine (C=N–C) groups is 1. The molecule has 2 aliphatic rings. The Hall–Kier alpha value is -0.910. The smallest absolute Gasteiger partial charge is 0.244 e. The van der Waals surface area contributed by atoms with Crippen molar-refractivity contribution in [3.63, 3.8) is 0 Å². The van der Waals surface area contributed by atoms with Crippen LogP contribution in [-0.2, 0) is 4.79 Å². The van der Waals surface area contributed by atoms with Crippen LogP contribution in [0.4, 0.5) is 0 Å². The molecule has 5 nitrogen and oxygen atoms in total. The Balaban J connectivity index is 1.94. The van der Waals surface area contributed by atoms with Gasteiger partial charge in [-0.1, -0.05) is 13.8 Å². The average molecular weight is 341 g/mol. The van der Waals surface area contributed by atoms with E-state index in [1.807, 2.05) is 4.90 Å². The number of hydrogen-bond acceptors (Lipinski definition) is 3. The van der Waals surface area contributed by atoms with E-state index in [4.69, 9.17) is 0 Å². The lowest BCUT2D eigenvalue weighted by Crippen LogP contribution is -2.49. The molecule has 0 aliphatic carbocycles. The standard InChI is InChI=1S/C17H32N4OS/c1-4-18-17(21-10-11-23-15(13-21)14(2)3)19-12-16(22)20-8-6-5-7-9-20/h14-15H,4-13H2,1-3H3,(H,18,19). The van der Waals surface area contributed by atoms with Crippen LogP contribution in [0.15, 0.2) is 4.99 Å². The highest BCUT2D eigenvalue weighted by molar-refractivity contribution is 8.00. The van der Waals surface area contributed by atoms with Gasteiger partial charge in [0.15, 0.2) is 5.96 Å². The zero-order chi connectivity index (χ0) is 16.7. The third kappa shape index (κ3) is 5.59. The molecule has 0 spiro atoms. The highest BCUT2D eigenvalue weighted by Gasteiger charge is 2.25. The van der Waals surface area contributed by atoms with E-state index in [1.165, 1.54) is 6.42 Å². The first-order valence-corrected chi connectivity index (χ1v) is 10.1. The number of piperidine rings is 1. The fourth-order valence-corrected chi connectivity index (χ4v) is 4.38. The molecule has 0 saturated carbocycles. The van der Waals surface area contributed by atoms with Crippen LogP contribution < -0.4 is 5.32 Å². The summed E-state index contributed by atoms with van der Waals surface area (Å²) in [5.41, 5.74) is 0. The first-order chi connectivity index (χ1) is 11.1. The zero-order valence-corrected chi connectivity index (χ0v) is 15.7. The fourth-order valence-electron chi connectivity index (χ4n) is 3.08. The van der Waals surface area contributed by atoms with Gasteiger partial charge in [0.1, 0.15) is 6.54 Å². The third-order valence-electron chi connectivity index (χ3n) is 4.54. The summed E-state index contributed by atoms with van der Waals surface area (Å²) in [4.78, 5) is 21.3. The van der Waals surface area contributed by atoms with Gasteiger partial charge in [-0.05, 0) is 32.1 Å². The number of carbonyl (C=O) groups excluding carboxylic acids is 1. The van der Waals surface area contributed by atoms with Gasteiger partial charge in [-0.2, -0.15) is 11.8 Å². The number of carbonyl (C=O) groups is 1. The summed E-state index contributed by atoms with van der Waals surface area (Å²) in [6.45, 7) is 11.6. The van der Waals surface area contributed by atoms with Gasteiger partial charge in [0.25, 0.3) is 0 Å². The number of rotatable bonds is 4. The molecule has 2 saturated heterocycles. The number of nitrogens with one attached hydrogen (secondary N) is 1. The minimum Gasteiger partial charge on any atom is -0.357 e. The Morgan fingerprint density at radius 2 is 1.96 bits per heavy atom. The Labute approximate surface area is 145 Å². The van der Waals surface area contributed by atoms with Crippen molar-refractivity contribution in [3.05, 3.63) is 0 Å². The van der Waals surface area contributed by atoms with Gasteiger partial charge in [-0.15, -0.1) is 0 Å². The minimum absolute atomic E-state index is 0.173. The van der Waals surface area contributed by atoms with Crippen LogP contribution in [-0.4, -0.2) is 71.9 Å². The fraction of sp³-hybridized carbons (Fsp3) is 0.882. The second-order valence-corrected chi connectivity index (χ2v) is 8.06. The van der Waals surface area contributed by atoms with E-state index in [0.717, 1.165) is 57.3 Å². The number of guanidine groups is 1. The minimum atomic E-state index is 0.173. The van der Waals surface area contributed by atoms with Crippen LogP contribution in [0, 0.1) is 5.92 Å². The normalized spacial score (nSPS) is 23.3. The molecule has 132 valence electrons. The summed E-state index contributed by atoms with van der Waals surface area (Å²) in [6.07, 6.45) is 3.52. The van der Waals surface area contributed by atoms with Crippen molar-refractivity contribution in [2.45, 2.75) is 45.3 Å². The zero-order valence-electron chi connectivity index (χ0n) is 14.9. The maximum Gasteiger partial charge on any atom is 0.244 e. The van der Waals surface area contributed by atoms with Crippen LogP contribution in [0.1, 0.15) is 40.0 Å². The van der Waals surface area contributed by atoms with Gasteiger partial charge in [0.05, 0.1) is 0 Å². The molecular weight excluding hydrogens is 308 g/mol. The molecule has 0 bridgehead atoms. The molecule has 23 heavy (non-hydrogen) atoms. The average Bonchev–Trinajstić information content (AvgIpc) is 2.59. The van der Waals surface area contributed by atoms with Crippen molar-refractivity contribution < 1.29 is 4.79 Å². The molecule has 2 heterocycles. The van der Waals surface area contributed by atoms with Crippen LogP contribution in [0.3, 0.4) is 0 Å². The summed E-state index contributed by atoms with van der Waals surface area (Å²) in [6, 6.07) is 0. The lowest BCUT2D eigenvalue weighted by molar-refractivity contribution is -0.130. The van der Waals surface area contributed by atoms with Crippen molar-refractivity contribution >= 4 is 23.6 Å². The molecule has 1 amide bonds. The molecule has 0 aromatic carbocycles. The first kappa shape index (κ1) is 18.4. The maximum absolute atomic E-state index is 12.3. The second-order valence-electron chi connectivity index (χ2n) is 6.71. The number of likely N-dealkylation sites (tertiary alicyclic amines) is 1. The summed E-state index contributed by atoms with van der Waals surface area (Å²) in [7, 11) is 0. The lowest BCUT2D eigenvalue weighted by Gasteiger charge is -2.36. The van der Waals surface area contributed by atoms with Crippen LogP contribution >= 0.6 is 11.8 Å². The predicted octanol–water partition coefficient (Wildman–Crippen LogP) is 2.04. The van der Waals surface area contributed by atoms with Gasteiger partial charge in [-0.25, -0.2) is 4.99 Å². The van der Waals surface area contributed by atoms with E-state index in [0.29, 0.717) is 11.2 Å². The molecule has 6 heteroatoms. The first-order valence-electron chi connectivity index (χ1n) is 9.04. The molecule has 0 radical (unpaired) electrons. The lowest BCUT2D eigenvalue weighted by atomic mass is 10.1. The van der Waals surface area contributed by atoms with E-state index in [9.17, 15) is 4.79 Å². The molecule has 2 fully saturated rings. The highest BCUT2D eigenvalue weighted by atomic mass is 32.2. The largest absolute Gasteiger partial charge is 0.357 e. The molecule has 1 atom stereocenters. The molecular formula is C17H32N4OS. The monoisotopic (exact) mass is 340 g/mol. The van der Waals surface area contributed by atoms with E-state index in [1.54, 1.807) is 0 Å². The number of hydrogen-bond donors (Lipinski definition) is 1. The SMILES string of the molecule is CCNC(=NCC(=O)N1CCCCC1)N1CCSC(C(C)C)C1. The van der Waals surface area contributed by atoms with E-state index in [-0.39, 0.29) is 12.5 Å². The number of nitrogens with zero attached hydrogens (tertiary/aromatic N) is 3. The molecule has 2 rings (SSSR count). The van der Waals surface area contributed by atoms with Crippen molar-refractivity contribution in [2.24, 2.45) is 10.9 Å². The van der Waals surface area contributed by atoms with Crippen molar-refractivity contribution in [2.75, 3.05) is 45.0 Å². The number of amides is 1. The number of thioether (sulfide) groups is 1. The predicted molar refractivity (Wildman–Crippen MR) is 99.1 cm³/mol. The molecule has 1 N–H and O–H groups in total. The Morgan fingerprint density at radius 1 is 1.22 bits per heavy atom. The van der Waals surface area contributed by atoms with Crippen molar-refractivity contribution in [3.8, 4) is 0 Å². The van der Waals surface area contributed by atoms with Crippen molar-refractivity contribution in [1.82, 2.24) is 15.1 Å².